The number of para-hydroxylation sites is 1. The van der Waals surface area contributed by atoms with Gasteiger partial charge in [0, 0.05) is 11.4 Å². The quantitative estimate of drug-likeness (QED) is 0.421. The topological polar surface area (TPSA) is 91.2 Å². The second-order valence-electron chi connectivity index (χ2n) is 6.86. The fourth-order valence-corrected chi connectivity index (χ4v) is 2.79. The Hall–Kier alpha value is -4.44. The number of carbonyl (C=O) groups excluding carboxylic acids is 2. The summed E-state index contributed by atoms with van der Waals surface area (Å²) >= 11 is 0. The summed E-state index contributed by atoms with van der Waals surface area (Å²) in [6.45, 7) is 1.60. The van der Waals surface area contributed by atoms with Gasteiger partial charge in [-0.2, -0.15) is 5.26 Å². The van der Waals surface area contributed by atoms with Gasteiger partial charge in [0.15, 0.2) is 6.61 Å². The molecule has 2 N–H and O–H groups in total. The van der Waals surface area contributed by atoms with Gasteiger partial charge < -0.3 is 15.4 Å². The molecule has 32 heavy (non-hydrogen) atoms. The average molecular weight is 429 g/mol. The van der Waals surface area contributed by atoms with Crippen molar-refractivity contribution in [3.05, 3.63) is 95.3 Å². The van der Waals surface area contributed by atoms with E-state index >= 15 is 0 Å². The van der Waals surface area contributed by atoms with Crippen molar-refractivity contribution in [1.82, 2.24) is 0 Å². The second-order valence-corrected chi connectivity index (χ2v) is 6.86. The van der Waals surface area contributed by atoms with E-state index in [1.54, 1.807) is 36.4 Å². The van der Waals surface area contributed by atoms with E-state index < -0.39 is 17.6 Å². The van der Waals surface area contributed by atoms with E-state index in [0.717, 1.165) is 5.56 Å². The van der Waals surface area contributed by atoms with Crippen LogP contribution in [-0.2, 0) is 9.59 Å². The van der Waals surface area contributed by atoms with Crippen LogP contribution in [-0.4, -0.2) is 18.4 Å². The molecule has 0 bridgehead atoms. The molecule has 0 radical (unpaired) electrons. The molecule has 0 aromatic heterocycles. The van der Waals surface area contributed by atoms with E-state index in [9.17, 15) is 19.2 Å². The Bertz CT molecular complexity index is 1200. The van der Waals surface area contributed by atoms with Gasteiger partial charge in [0.05, 0.1) is 0 Å². The Kier molecular flexibility index (Phi) is 7.33. The Balaban J connectivity index is 1.63. The van der Waals surface area contributed by atoms with Gasteiger partial charge in [-0.1, -0.05) is 30.3 Å². The van der Waals surface area contributed by atoms with Crippen LogP contribution >= 0.6 is 0 Å². The van der Waals surface area contributed by atoms with Crippen molar-refractivity contribution in [3.8, 4) is 11.8 Å². The van der Waals surface area contributed by atoms with Crippen LogP contribution in [0.15, 0.2) is 78.4 Å². The molecule has 0 aliphatic carbocycles. The molecule has 0 unspecified atom stereocenters. The maximum atomic E-state index is 12.9. The Morgan fingerprint density at radius 2 is 1.78 bits per heavy atom. The zero-order valence-corrected chi connectivity index (χ0v) is 17.3. The van der Waals surface area contributed by atoms with Crippen LogP contribution in [0.25, 0.3) is 6.08 Å². The molecule has 0 saturated carbocycles. The number of carbonyl (C=O) groups is 2. The number of hydrogen-bond donors (Lipinski definition) is 2. The minimum atomic E-state index is -0.521. The first kappa shape index (κ1) is 22.2. The standard InChI is InChI=1S/C25H20FN3O3/c1-17-5-2-3-8-23(17)29-25(31)19(15-27)13-18-6-4-7-22(14-18)32-16-24(30)28-21-11-9-20(26)10-12-21/h2-14H,16H2,1H3,(H,28,30)(H,29,31)/b19-13-. The van der Waals surface area contributed by atoms with Crippen LogP contribution in [0.1, 0.15) is 11.1 Å². The van der Waals surface area contributed by atoms with Crippen molar-refractivity contribution in [2.75, 3.05) is 17.2 Å². The fraction of sp³-hybridized carbons (Fsp3) is 0.0800. The van der Waals surface area contributed by atoms with Crippen molar-refractivity contribution in [2.45, 2.75) is 6.92 Å². The maximum Gasteiger partial charge on any atom is 0.266 e. The lowest BCUT2D eigenvalue weighted by molar-refractivity contribution is -0.118. The first-order valence-corrected chi connectivity index (χ1v) is 9.71. The Labute approximate surface area is 185 Å². The largest absolute Gasteiger partial charge is 0.484 e. The molecule has 3 rings (SSSR count). The molecule has 2 amide bonds. The van der Waals surface area contributed by atoms with Crippen molar-refractivity contribution in [2.24, 2.45) is 0 Å². The van der Waals surface area contributed by atoms with E-state index in [1.807, 2.05) is 25.1 Å². The monoisotopic (exact) mass is 429 g/mol. The van der Waals surface area contributed by atoms with Gasteiger partial charge >= 0.3 is 0 Å². The molecular formula is C25H20FN3O3. The third kappa shape index (κ3) is 6.28. The highest BCUT2D eigenvalue weighted by Crippen LogP contribution is 2.18. The lowest BCUT2D eigenvalue weighted by Gasteiger charge is -2.09. The Morgan fingerprint density at radius 1 is 1.03 bits per heavy atom. The number of benzene rings is 3. The molecule has 0 atom stereocenters. The highest BCUT2D eigenvalue weighted by atomic mass is 19.1. The molecule has 3 aromatic carbocycles. The Morgan fingerprint density at radius 3 is 2.50 bits per heavy atom. The number of anilines is 2. The molecule has 0 aliphatic heterocycles. The molecule has 0 heterocycles. The zero-order chi connectivity index (χ0) is 22.9. The van der Waals surface area contributed by atoms with Crippen LogP contribution in [0.4, 0.5) is 15.8 Å². The smallest absolute Gasteiger partial charge is 0.266 e. The highest BCUT2D eigenvalue weighted by molar-refractivity contribution is 6.10. The van der Waals surface area contributed by atoms with Gasteiger partial charge in [-0.3, -0.25) is 9.59 Å². The minimum absolute atomic E-state index is 0.0699. The highest BCUT2D eigenvalue weighted by Gasteiger charge is 2.11. The summed E-state index contributed by atoms with van der Waals surface area (Å²) in [5.74, 6) is -0.933. The second kappa shape index (κ2) is 10.5. The summed E-state index contributed by atoms with van der Waals surface area (Å²) < 4.78 is 18.4. The van der Waals surface area contributed by atoms with E-state index in [2.05, 4.69) is 10.6 Å². The summed E-state index contributed by atoms with van der Waals surface area (Å²) in [7, 11) is 0. The lowest BCUT2D eigenvalue weighted by Crippen LogP contribution is -2.20. The third-order valence-electron chi connectivity index (χ3n) is 4.43. The van der Waals surface area contributed by atoms with E-state index in [4.69, 9.17) is 4.74 Å². The van der Waals surface area contributed by atoms with Crippen LogP contribution in [0.5, 0.6) is 5.75 Å². The van der Waals surface area contributed by atoms with Crippen LogP contribution in [0.2, 0.25) is 0 Å². The molecule has 3 aromatic rings. The number of nitrogens with zero attached hydrogens (tertiary/aromatic N) is 1. The summed E-state index contributed by atoms with van der Waals surface area (Å²) in [6, 6.07) is 21.2. The van der Waals surface area contributed by atoms with Gasteiger partial charge in [0.1, 0.15) is 23.2 Å². The van der Waals surface area contributed by atoms with E-state index in [1.165, 1.54) is 30.3 Å². The van der Waals surface area contributed by atoms with E-state index in [-0.39, 0.29) is 12.2 Å². The molecule has 7 heteroatoms. The third-order valence-corrected chi connectivity index (χ3v) is 4.43. The number of nitrogens with one attached hydrogen (secondary N) is 2. The maximum absolute atomic E-state index is 12.9. The zero-order valence-electron chi connectivity index (χ0n) is 17.3. The molecule has 0 fully saturated rings. The number of ether oxygens (including phenoxy) is 1. The minimum Gasteiger partial charge on any atom is -0.484 e. The van der Waals surface area contributed by atoms with Gasteiger partial charge in [-0.15, -0.1) is 0 Å². The molecule has 160 valence electrons. The van der Waals surface area contributed by atoms with Crippen LogP contribution in [0.3, 0.4) is 0 Å². The number of halogens is 1. The molecule has 6 nitrogen and oxygen atoms in total. The number of amides is 2. The number of aryl methyl sites for hydroxylation is 1. The van der Waals surface area contributed by atoms with Gasteiger partial charge in [0.25, 0.3) is 11.8 Å². The first-order valence-electron chi connectivity index (χ1n) is 9.71. The number of nitriles is 1. The van der Waals surface area contributed by atoms with Crippen molar-refractivity contribution in [1.29, 1.82) is 5.26 Å². The molecule has 0 spiro atoms. The summed E-state index contributed by atoms with van der Waals surface area (Å²) in [6.07, 6.45) is 1.44. The fourth-order valence-electron chi connectivity index (χ4n) is 2.79. The first-order chi connectivity index (χ1) is 15.4. The van der Waals surface area contributed by atoms with Gasteiger partial charge in [-0.05, 0) is 66.6 Å². The summed E-state index contributed by atoms with van der Waals surface area (Å²) in [5.41, 5.74) is 2.46. The average Bonchev–Trinajstić information content (AvgIpc) is 2.79. The predicted molar refractivity (Wildman–Crippen MR) is 120 cm³/mol. The molecule has 0 saturated heterocycles. The summed E-state index contributed by atoms with van der Waals surface area (Å²) in [4.78, 5) is 24.5. The molecule has 0 aliphatic rings. The number of hydrogen-bond acceptors (Lipinski definition) is 4. The number of rotatable bonds is 7. The van der Waals surface area contributed by atoms with Crippen LogP contribution in [0, 0.1) is 24.1 Å². The van der Waals surface area contributed by atoms with Gasteiger partial charge in [0.2, 0.25) is 0 Å². The SMILES string of the molecule is Cc1ccccc1NC(=O)/C(C#N)=C\c1cccc(OCC(=O)Nc2ccc(F)cc2)c1. The lowest BCUT2D eigenvalue weighted by atomic mass is 10.1. The van der Waals surface area contributed by atoms with Crippen LogP contribution < -0.4 is 15.4 Å². The normalized spacial score (nSPS) is 10.7. The van der Waals surface area contributed by atoms with Crippen molar-refractivity contribution in [3.63, 3.8) is 0 Å². The molecular weight excluding hydrogens is 409 g/mol. The van der Waals surface area contributed by atoms with E-state index in [0.29, 0.717) is 22.7 Å². The van der Waals surface area contributed by atoms with Crippen molar-refractivity contribution >= 4 is 29.3 Å². The predicted octanol–water partition coefficient (Wildman–Crippen LogP) is 4.70. The summed E-state index contributed by atoms with van der Waals surface area (Å²) in [5, 5.41) is 14.7. The van der Waals surface area contributed by atoms with Crippen molar-refractivity contribution < 1.29 is 18.7 Å². The van der Waals surface area contributed by atoms with Gasteiger partial charge in [-0.25, -0.2) is 4.39 Å².